The van der Waals surface area contributed by atoms with E-state index in [2.05, 4.69) is 16.4 Å². The molecule has 0 aliphatic carbocycles. The van der Waals surface area contributed by atoms with Crippen LogP contribution in [0.25, 0.3) is 10.9 Å². The van der Waals surface area contributed by atoms with Crippen molar-refractivity contribution in [2.24, 2.45) is 5.92 Å². The van der Waals surface area contributed by atoms with E-state index >= 15 is 0 Å². The summed E-state index contributed by atoms with van der Waals surface area (Å²) in [4.78, 5) is 13.9. The number of hydrogen-bond donors (Lipinski definition) is 3. The summed E-state index contributed by atoms with van der Waals surface area (Å²) < 4.78 is 0. The fourth-order valence-electron chi connectivity index (χ4n) is 1.94. The van der Waals surface area contributed by atoms with Gasteiger partial charge in [-0.3, -0.25) is 4.79 Å². The minimum Gasteiger partial charge on any atom is -0.481 e. The normalized spacial score (nSPS) is 12.7. The van der Waals surface area contributed by atoms with Crippen LogP contribution in [-0.2, 0) is 11.3 Å². The van der Waals surface area contributed by atoms with Crippen LogP contribution in [0.2, 0.25) is 0 Å². The molecule has 96 valence electrons. The van der Waals surface area contributed by atoms with Crippen molar-refractivity contribution in [2.75, 3.05) is 6.54 Å². The van der Waals surface area contributed by atoms with E-state index in [4.69, 9.17) is 5.11 Å². The number of carboxylic acid groups (broad SMARTS) is 1. The van der Waals surface area contributed by atoms with E-state index in [0.29, 0.717) is 13.0 Å². The van der Waals surface area contributed by atoms with Crippen LogP contribution in [-0.4, -0.2) is 22.6 Å². The molecular weight excluding hydrogens is 228 g/mol. The van der Waals surface area contributed by atoms with Crippen LogP contribution < -0.4 is 5.32 Å². The second-order valence-corrected chi connectivity index (χ2v) is 4.56. The Labute approximate surface area is 106 Å². The fraction of sp³-hybridized carbons (Fsp3) is 0.357. The molecule has 4 nitrogen and oxygen atoms in total. The number of aromatic nitrogens is 1. The quantitative estimate of drug-likeness (QED) is 0.685. The van der Waals surface area contributed by atoms with Gasteiger partial charge in [0.1, 0.15) is 0 Å². The average Bonchev–Trinajstić information content (AvgIpc) is 2.77. The largest absolute Gasteiger partial charge is 0.481 e. The third-order valence-electron chi connectivity index (χ3n) is 3.17. The lowest BCUT2D eigenvalue weighted by atomic mass is 10.1. The number of benzene rings is 1. The van der Waals surface area contributed by atoms with Gasteiger partial charge in [-0.1, -0.05) is 25.1 Å². The van der Waals surface area contributed by atoms with Gasteiger partial charge < -0.3 is 15.4 Å². The summed E-state index contributed by atoms with van der Waals surface area (Å²) in [6.07, 6.45) is 2.65. The molecule has 0 spiro atoms. The van der Waals surface area contributed by atoms with Crippen LogP contribution in [0.15, 0.2) is 30.5 Å². The molecule has 0 aliphatic rings. The van der Waals surface area contributed by atoms with Crippen molar-refractivity contribution in [1.82, 2.24) is 10.3 Å². The lowest BCUT2D eigenvalue weighted by molar-refractivity contribution is -0.141. The Morgan fingerprint density at radius 2 is 2.22 bits per heavy atom. The Kier molecular flexibility index (Phi) is 3.99. The lowest BCUT2D eigenvalue weighted by Crippen LogP contribution is -2.20. The second kappa shape index (κ2) is 5.69. The summed E-state index contributed by atoms with van der Waals surface area (Å²) in [7, 11) is 0. The average molecular weight is 246 g/mol. The van der Waals surface area contributed by atoms with Crippen molar-refractivity contribution in [2.45, 2.75) is 19.9 Å². The highest BCUT2D eigenvalue weighted by atomic mass is 16.4. The van der Waals surface area contributed by atoms with E-state index < -0.39 is 5.97 Å². The van der Waals surface area contributed by atoms with Crippen LogP contribution in [0, 0.1) is 5.92 Å². The van der Waals surface area contributed by atoms with Crippen molar-refractivity contribution in [1.29, 1.82) is 0 Å². The van der Waals surface area contributed by atoms with Gasteiger partial charge in [-0.15, -0.1) is 0 Å². The number of carbonyl (C=O) groups is 1. The number of aliphatic carboxylic acids is 1. The molecule has 1 heterocycles. The lowest BCUT2D eigenvalue weighted by Gasteiger charge is -2.07. The molecule has 0 amide bonds. The summed E-state index contributed by atoms with van der Waals surface area (Å²) in [5, 5.41) is 13.3. The van der Waals surface area contributed by atoms with E-state index in [-0.39, 0.29) is 5.92 Å². The fourth-order valence-corrected chi connectivity index (χ4v) is 1.94. The van der Waals surface area contributed by atoms with Gasteiger partial charge in [-0.2, -0.15) is 0 Å². The van der Waals surface area contributed by atoms with E-state index in [1.165, 1.54) is 10.9 Å². The predicted octanol–water partition coefficient (Wildman–Crippen LogP) is 2.37. The van der Waals surface area contributed by atoms with Crippen LogP contribution >= 0.6 is 0 Å². The summed E-state index contributed by atoms with van der Waals surface area (Å²) in [6, 6.07) is 8.16. The molecule has 2 rings (SSSR count). The second-order valence-electron chi connectivity index (χ2n) is 4.56. The van der Waals surface area contributed by atoms with Gasteiger partial charge in [0.05, 0.1) is 5.92 Å². The number of aromatic amines is 1. The Hall–Kier alpha value is -1.81. The highest BCUT2D eigenvalue weighted by Crippen LogP contribution is 2.17. The molecule has 0 bridgehead atoms. The number of hydrogen-bond acceptors (Lipinski definition) is 2. The first-order chi connectivity index (χ1) is 8.68. The first kappa shape index (κ1) is 12.6. The smallest absolute Gasteiger partial charge is 0.306 e. The van der Waals surface area contributed by atoms with Gasteiger partial charge in [0.15, 0.2) is 0 Å². The van der Waals surface area contributed by atoms with E-state index in [9.17, 15) is 4.79 Å². The molecule has 1 atom stereocenters. The minimum absolute atomic E-state index is 0.291. The Morgan fingerprint density at radius 1 is 1.44 bits per heavy atom. The monoisotopic (exact) mass is 246 g/mol. The van der Waals surface area contributed by atoms with Crippen LogP contribution in [0.5, 0.6) is 0 Å². The molecule has 0 saturated carbocycles. The maximum absolute atomic E-state index is 10.7. The topological polar surface area (TPSA) is 65.1 Å². The standard InChI is InChI=1S/C14H18N2O2/c1-10(14(17)18)6-7-15-8-11-9-16-13-5-3-2-4-12(11)13/h2-5,9-10,15-16H,6-8H2,1H3,(H,17,18). The van der Waals surface area contributed by atoms with E-state index in [0.717, 1.165) is 12.1 Å². The van der Waals surface area contributed by atoms with Crippen LogP contribution in [0.1, 0.15) is 18.9 Å². The Morgan fingerprint density at radius 3 is 3.00 bits per heavy atom. The number of carboxylic acids is 1. The zero-order valence-electron chi connectivity index (χ0n) is 10.4. The molecule has 1 unspecified atom stereocenters. The number of H-pyrrole nitrogens is 1. The molecule has 3 N–H and O–H groups in total. The SMILES string of the molecule is CC(CCNCc1c[nH]c2ccccc12)C(=O)O. The first-order valence-corrected chi connectivity index (χ1v) is 6.17. The van der Waals surface area contributed by atoms with Gasteiger partial charge in [-0.05, 0) is 24.6 Å². The van der Waals surface area contributed by atoms with Crippen LogP contribution in [0.4, 0.5) is 0 Å². The van der Waals surface area contributed by atoms with Crippen molar-refractivity contribution in [3.05, 3.63) is 36.0 Å². The van der Waals surface area contributed by atoms with Gasteiger partial charge in [0.25, 0.3) is 0 Å². The molecule has 0 aliphatic heterocycles. The third kappa shape index (κ3) is 2.90. The number of para-hydroxylation sites is 1. The molecule has 0 saturated heterocycles. The van der Waals surface area contributed by atoms with Crippen molar-refractivity contribution in [3.63, 3.8) is 0 Å². The van der Waals surface area contributed by atoms with E-state index in [1.807, 2.05) is 24.4 Å². The number of nitrogens with one attached hydrogen (secondary N) is 2. The highest BCUT2D eigenvalue weighted by molar-refractivity contribution is 5.82. The summed E-state index contributed by atoms with van der Waals surface area (Å²) in [5.74, 6) is -1.02. The molecule has 1 aromatic carbocycles. The summed E-state index contributed by atoms with van der Waals surface area (Å²) in [6.45, 7) is 3.21. The maximum Gasteiger partial charge on any atom is 0.306 e. The van der Waals surface area contributed by atoms with Gasteiger partial charge in [-0.25, -0.2) is 0 Å². The van der Waals surface area contributed by atoms with E-state index in [1.54, 1.807) is 6.92 Å². The maximum atomic E-state index is 10.7. The van der Waals surface area contributed by atoms with Crippen LogP contribution in [0.3, 0.4) is 0 Å². The summed E-state index contributed by atoms with van der Waals surface area (Å²) >= 11 is 0. The first-order valence-electron chi connectivity index (χ1n) is 6.17. The number of fused-ring (bicyclic) bond motifs is 1. The number of rotatable bonds is 6. The molecule has 2 aromatic rings. The Balaban J connectivity index is 1.85. The zero-order chi connectivity index (χ0) is 13.0. The molecular formula is C14H18N2O2. The molecule has 18 heavy (non-hydrogen) atoms. The Bertz CT molecular complexity index is 533. The minimum atomic E-state index is -0.733. The predicted molar refractivity (Wildman–Crippen MR) is 71.4 cm³/mol. The molecule has 4 heteroatoms. The third-order valence-corrected chi connectivity index (χ3v) is 3.17. The molecule has 0 radical (unpaired) electrons. The van der Waals surface area contributed by atoms with Crippen molar-refractivity contribution in [3.8, 4) is 0 Å². The van der Waals surface area contributed by atoms with Gasteiger partial charge in [0.2, 0.25) is 0 Å². The molecule has 1 aromatic heterocycles. The molecule has 0 fully saturated rings. The van der Waals surface area contributed by atoms with Gasteiger partial charge >= 0.3 is 5.97 Å². The highest BCUT2D eigenvalue weighted by Gasteiger charge is 2.09. The summed E-state index contributed by atoms with van der Waals surface area (Å²) in [5.41, 5.74) is 2.35. The zero-order valence-corrected chi connectivity index (χ0v) is 10.4. The van der Waals surface area contributed by atoms with Crippen molar-refractivity contribution >= 4 is 16.9 Å². The van der Waals surface area contributed by atoms with Gasteiger partial charge in [0, 0.05) is 23.6 Å². The van der Waals surface area contributed by atoms with Crippen molar-refractivity contribution < 1.29 is 9.90 Å².